The first-order chi connectivity index (χ1) is 9.51. The summed E-state index contributed by atoms with van der Waals surface area (Å²) in [5.74, 6) is 0.172. The molecule has 0 atom stereocenters. The van der Waals surface area contributed by atoms with E-state index in [1.54, 1.807) is 25.3 Å². The Morgan fingerprint density at radius 3 is 2.45 bits per heavy atom. The Kier molecular flexibility index (Phi) is 3.94. The molecule has 4 heteroatoms. The SMILES string of the molecule is COc1ccc(C)cc1NC(=O)c1cc(C)ccc1O. The first-order valence-electron chi connectivity index (χ1n) is 6.27. The fourth-order valence-corrected chi connectivity index (χ4v) is 1.94. The van der Waals surface area contributed by atoms with Crippen LogP contribution in [-0.4, -0.2) is 18.1 Å². The van der Waals surface area contributed by atoms with Crippen molar-refractivity contribution in [2.75, 3.05) is 12.4 Å². The molecule has 2 N–H and O–H groups in total. The molecule has 0 aliphatic rings. The van der Waals surface area contributed by atoms with Gasteiger partial charge < -0.3 is 15.2 Å². The van der Waals surface area contributed by atoms with E-state index < -0.39 is 0 Å². The number of nitrogens with one attached hydrogen (secondary N) is 1. The third kappa shape index (κ3) is 2.91. The Bertz CT molecular complexity index is 650. The zero-order chi connectivity index (χ0) is 14.7. The van der Waals surface area contributed by atoms with E-state index in [0.29, 0.717) is 11.4 Å². The average Bonchev–Trinajstić information content (AvgIpc) is 2.41. The summed E-state index contributed by atoms with van der Waals surface area (Å²) >= 11 is 0. The maximum Gasteiger partial charge on any atom is 0.259 e. The van der Waals surface area contributed by atoms with Crippen LogP contribution < -0.4 is 10.1 Å². The van der Waals surface area contributed by atoms with E-state index in [4.69, 9.17) is 4.74 Å². The van der Waals surface area contributed by atoms with Crippen molar-refractivity contribution < 1.29 is 14.6 Å². The van der Waals surface area contributed by atoms with Gasteiger partial charge in [-0.05, 0) is 43.7 Å². The maximum absolute atomic E-state index is 12.2. The second-order valence-electron chi connectivity index (χ2n) is 4.68. The highest BCUT2D eigenvalue weighted by Crippen LogP contribution is 2.27. The normalized spacial score (nSPS) is 10.2. The molecule has 0 aliphatic heterocycles. The Balaban J connectivity index is 2.32. The smallest absolute Gasteiger partial charge is 0.259 e. The van der Waals surface area contributed by atoms with Crippen LogP contribution in [0, 0.1) is 13.8 Å². The van der Waals surface area contributed by atoms with Gasteiger partial charge in [0.15, 0.2) is 0 Å². The van der Waals surface area contributed by atoms with Crippen LogP contribution in [0.1, 0.15) is 21.5 Å². The van der Waals surface area contributed by atoms with Gasteiger partial charge in [0.05, 0.1) is 18.4 Å². The Hall–Kier alpha value is -2.49. The van der Waals surface area contributed by atoms with Crippen LogP contribution in [-0.2, 0) is 0 Å². The highest BCUT2D eigenvalue weighted by molar-refractivity contribution is 6.07. The maximum atomic E-state index is 12.2. The van der Waals surface area contributed by atoms with Gasteiger partial charge in [-0.25, -0.2) is 0 Å². The van der Waals surface area contributed by atoms with E-state index in [9.17, 15) is 9.90 Å². The molecule has 0 radical (unpaired) electrons. The molecular weight excluding hydrogens is 254 g/mol. The summed E-state index contributed by atoms with van der Waals surface area (Å²) in [5.41, 5.74) is 2.74. The van der Waals surface area contributed by atoms with Crippen molar-refractivity contribution in [3.63, 3.8) is 0 Å². The monoisotopic (exact) mass is 271 g/mol. The molecule has 0 unspecified atom stereocenters. The lowest BCUT2D eigenvalue weighted by molar-refractivity contribution is 0.102. The molecule has 2 rings (SSSR count). The minimum Gasteiger partial charge on any atom is -0.507 e. The zero-order valence-electron chi connectivity index (χ0n) is 11.7. The van der Waals surface area contributed by atoms with Crippen LogP contribution in [0.25, 0.3) is 0 Å². The molecule has 0 saturated carbocycles. The van der Waals surface area contributed by atoms with E-state index in [-0.39, 0.29) is 17.2 Å². The van der Waals surface area contributed by atoms with E-state index in [1.165, 1.54) is 6.07 Å². The van der Waals surface area contributed by atoms with E-state index in [0.717, 1.165) is 11.1 Å². The van der Waals surface area contributed by atoms with Crippen molar-refractivity contribution in [2.45, 2.75) is 13.8 Å². The molecular formula is C16H17NO3. The van der Waals surface area contributed by atoms with Gasteiger partial charge in [0.25, 0.3) is 5.91 Å². The van der Waals surface area contributed by atoms with E-state index in [2.05, 4.69) is 5.32 Å². The molecule has 20 heavy (non-hydrogen) atoms. The fraction of sp³-hybridized carbons (Fsp3) is 0.188. The number of carbonyl (C=O) groups excluding carboxylic acids is 1. The Morgan fingerprint density at radius 1 is 1.10 bits per heavy atom. The summed E-state index contributed by atoms with van der Waals surface area (Å²) < 4.78 is 5.21. The van der Waals surface area contributed by atoms with Crippen molar-refractivity contribution in [1.82, 2.24) is 0 Å². The molecule has 2 aromatic rings. The van der Waals surface area contributed by atoms with Gasteiger partial charge >= 0.3 is 0 Å². The lowest BCUT2D eigenvalue weighted by atomic mass is 10.1. The van der Waals surface area contributed by atoms with Gasteiger partial charge in [-0.3, -0.25) is 4.79 Å². The summed E-state index contributed by atoms with van der Waals surface area (Å²) in [6.45, 7) is 3.79. The number of hydrogen-bond acceptors (Lipinski definition) is 3. The molecule has 104 valence electrons. The largest absolute Gasteiger partial charge is 0.507 e. The van der Waals surface area contributed by atoms with E-state index >= 15 is 0 Å². The molecule has 0 spiro atoms. The van der Waals surface area contributed by atoms with Crippen LogP contribution >= 0.6 is 0 Å². The lowest BCUT2D eigenvalue weighted by Gasteiger charge is -2.12. The average molecular weight is 271 g/mol. The Labute approximate surface area is 118 Å². The molecule has 0 bridgehead atoms. The fourth-order valence-electron chi connectivity index (χ4n) is 1.94. The number of phenolic OH excluding ortho intramolecular Hbond substituents is 1. The lowest BCUT2D eigenvalue weighted by Crippen LogP contribution is -2.13. The third-order valence-electron chi connectivity index (χ3n) is 3.00. The number of ether oxygens (including phenoxy) is 1. The van der Waals surface area contributed by atoms with Crippen molar-refractivity contribution in [2.24, 2.45) is 0 Å². The molecule has 0 fully saturated rings. The minimum absolute atomic E-state index is 0.0419. The quantitative estimate of drug-likeness (QED) is 0.900. The second-order valence-corrected chi connectivity index (χ2v) is 4.68. The number of aryl methyl sites for hydroxylation is 2. The zero-order valence-corrected chi connectivity index (χ0v) is 11.7. The predicted molar refractivity (Wildman–Crippen MR) is 78.5 cm³/mol. The Morgan fingerprint density at radius 2 is 1.75 bits per heavy atom. The van der Waals surface area contributed by atoms with Gasteiger partial charge in [0.2, 0.25) is 0 Å². The molecule has 2 aromatic carbocycles. The van der Waals surface area contributed by atoms with Crippen molar-refractivity contribution in [3.8, 4) is 11.5 Å². The van der Waals surface area contributed by atoms with E-state index in [1.807, 2.05) is 26.0 Å². The number of aromatic hydroxyl groups is 1. The van der Waals surface area contributed by atoms with Crippen molar-refractivity contribution in [1.29, 1.82) is 0 Å². The highest BCUT2D eigenvalue weighted by atomic mass is 16.5. The van der Waals surface area contributed by atoms with Crippen LogP contribution in [0.15, 0.2) is 36.4 Å². The number of phenols is 1. The molecule has 0 saturated heterocycles. The van der Waals surface area contributed by atoms with Crippen molar-refractivity contribution in [3.05, 3.63) is 53.1 Å². The van der Waals surface area contributed by atoms with Crippen LogP contribution in [0.3, 0.4) is 0 Å². The topological polar surface area (TPSA) is 58.6 Å². The predicted octanol–water partition coefficient (Wildman–Crippen LogP) is 3.27. The highest BCUT2D eigenvalue weighted by Gasteiger charge is 2.13. The minimum atomic E-state index is -0.366. The number of carbonyl (C=O) groups is 1. The number of anilines is 1. The number of amides is 1. The van der Waals surface area contributed by atoms with Crippen LogP contribution in [0.2, 0.25) is 0 Å². The number of rotatable bonds is 3. The molecule has 4 nitrogen and oxygen atoms in total. The standard InChI is InChI=1S/C16H17NO3/c1-10-4-6-14(18)12(8-10)16(19)17-13-9-11(2)5-7-15(13)20-3/h4-9,18H,1-3H3,(H,17,19). The van der Waals surface area contributed by atoms with Gasteiger partial charge in [-0.2, -0.15) is 0 Å². The van der Waals surface area contributed by atoms with Gasteiger partial charge in [-0.15, -0.1) is 0 Å². The number of methoxy groups -OCH3 is 1. The molecule has 0 aromatic heterocycles. The summed E-state index contributed by atoms with van der Waals surface area (Å²) in [7, 11) is 1.55. The summed E-state index contributed by atoms with van der Waals surface area (Å²) in [4.78, 5) is 12.2. The van der Waals surface area contributed by atoms with Gasteiger partial charge in [-0.1, -0.05) is 17.7 Å². The van der Waals surface area contributed by atoms with Gasteiger partial charge in [0.1, 0.15) is 11.5 Å². The molecule has 1 amide bonds. The number of benzene rings is 2. The first kappa shape index (κ1) is 13.9. The third-order valence-corrected chi connectivity index (χ3v) is 3.00. The molecule has 0 heterocycles. The summed E-state index contributed by atoms with van der Waals surface area (Å²) in [5, 5.41) is 12.5. The number of hydrogen-bond donors (Lipinski definition) is 2. The second kappa shape index (κ2) is 5.65. The van der Waals surface area contributed by atoms with Gasteiger partial charge in [0, 0.05) is 0 Å². The van der Waals surface area contributed by atoms with Crippen molar-refractivity contribution >= 4 is 11.6 Å². The van der Waals surface area contributed by atoms with Crippen LogP contribution in [0.4, 0.5) is 5.69 Å². The summed E-state index contributed by atoms with van der Waals surface area (Å²) in [6, 6.07) is 10.4. The summed E-state index contributed by atoms with van der Waals surface area (Å²) in [6.07, 6.45) is 0. The molecule has 0 aliphatic carbocycles. The first-order valence-corrected chi connectivity index (χ1v) is 6.27. The van der Waals surface area contributed by atoms with Crippen LogP contribution in [0.5, 0.6) is 11.5 Å².